The van der Waals surface area contributed by atoms with Gasteiger partial charge in [0, 0.05) is 13.3 Å². The van der Waals surface area contributed by atoms with E-state index >= 15 is 0 Å². The summed E-state index contributed by atoms with van der Waals surface area (Å²) in [6.07, 6.45) is 1.64. The molecule has 2 heterocycles. The van der Waals surface area contributed by atoms with Gasteiger partial charge in [0.25, 0.3) is 0 Å². The van der Waals surface area contributed by atoms with Crippen LogP contribution in [0.25, 0.3) is 0 Å². The van der Waals surface area contributed by atoms with Crippen LogP contribution in [0.2, 0.25) is 19.6 Å². The minimum Gasteiger partial charge on any atom is -0.461 e. The van der Waals surface area contributed by atoms with Crippen LogP contribution in [0.5, 0.6) is 0 Å². The van der Waals surface area contributed by atoms with E-state index in [9.17, 15) is 24.4 Å². The van der Waals surface area contributed by atoms with Crippen LogP contribution in [-0.4, -0.2) is 86.0 Å². The molecule has 15 nitrogen and oxygen atoms in total. The number of aromatic nitrogens is 1. The van der Waals surface area contributed by atoms with Crippen molar-refractivity contribution >= 4 is 44.4 Å². The Balaban J connectivity index is 2.04. The summed E-state index contributed by atoms with van der Waals surface area (Å²) in [7, 11) is -2.52. The molecule has 2 aliphatic rings. The summed E-state index contributed by atoms with van der Waals surface area (Å²) in [4.78, 5) is 58.9. The molecule has 1 aromatic heterocycles. The van der Waals surface area contributed by atoms with Gasteiger partial charge in [0.2, 0.25) is 11.5 Å². The summed E-state index contributed by atoms with van der Waals surface area (Å²) in [5.74, 6) is -1.49. The van der Waals surface area contributed by atoms with Crippen LogP contribution in [0.3, 0.4) is 0 Å². The standard InChI is InChI=1S/C36H56N6O9Si/c1-22(43)40-31(39-21-38)24-16-17-26(41-24)36(20-37)30(51-52(8,9)10)28(48-27(44)18-23-14-12-11-13-15-23)25(49-36)19-47-32(45)29(34(2,3)4)42-33(46)50-35(5,6)7/h16-17,21,23,25,28-30,41H,11-15,18-19H2,1-10H3,(H,42,46)(H2,38,39,40,43)/t25-,28-,29-,30?,36+/m1/s1. The van der Waals surface area contributed by atoms with Crippen LogP contribution in [0.4, 0.5) is 4.79 Å². The largest absolute Gasteiger partial charge is 0.461 e. The Labute approximate surface area is 307 Å². The normalized spacial score (nSPS) is 23.6. The first-order chi connectivity index (χ1) is 24.1. The monoisotopic (exact) mass is 744 g/mol. The van der Waals surface area contributed by atoms with Crippen molar-refractivity contribution in [2.75, 3.05) is 6.61 Å². The van der Waals surface area contributed by atoms with Gasteiger partial charge in [0.1, 0.15) is 42.9 Å². The number of nitriles is 1. The molecule has 52 heavy (non-hydrogen) atoms. The van der Waals surface area contributed by atoms with Gasteiger partial charge in [-0.3, -0.25) is 15.0 Å². The van der Waals surface area contributed by atoms with Gasteiger partial charge in [0.15, 0.2) is 20.3 Å². The molecule has 1 saturated carbocycles. The lowest BCUT2D eigenvalue weighted by Crippen LogP contribution is -2.52. The third-order valence-corrected chi connectivity index (χ3v) is 9.44. The highest BCUT2D eigenvalue weighted by molar-refractivity contribution is 6.69. The maximum Gasteiger partial charge on any atom is 0.408 e. The van der Waals surface area contributed by atoms with Crippen LogP contribution in [0.1, 0.15) is 98.4 Å². The highest BCUT2D eigenvalue weighted by atomic mass is 28.4. The van der Waals surface area contributed by atoms with Gasteiger partial charge in [0.05, 0.1) is 11.4 Å². The fourth-order valence-corrected chi connectivity index (χ4v) is 7.30. The molecule has 5 atom stereocenters. The minimum atomic E-state index is -2.52. The number of ether oxygens (including phenoxy) is 4. The summed E-state index contributed by atoms with van der Waals surface area (Å²) in [6, 6.07) is 4.26. The Morgan fingerprint density at radius 3 is 2.33 bits per heavy atom. The maximum atomic E-state index is 13.7. The van der Waals surface area contributed by atoms with Crippen LogP contribution in [0, 0.1) is 28.1 Å². The number of aromatic amines is 1. The van der Waals surface area contributed by atoms with E-state index in [0.717, 1.165) is 38.4 Å². The molecule has 1 saturated heterocycles. The van der Waals surface area contributed by atoms with E-state index in [1.54, 1.807) is 53.7 Å². The molecule has 2 fully saturated rings. The van der Waals surface area contributed by atoms with Crippen LogP contribution >= 0.6 is 0 Å². The molecule has 1 aliphatic carbocycles. The zero-order chi connectivity index (χ0) is 39.1. The van der Waals surface area contributed by atoms with Crippen molar-refractivity contribution in [3.8, 4) is 6.07 Å². The van der Waals surface area contributed by atoms with Gasteiger partial charge in [-0.05, 0) is 76.7 Å². The Hall–Kier alpha value is -4.07. The van der Waals surface area contributed by atoms with Gasteiger partial charge < -0.3 is 39.0 Å². The number of amidine groups is 1. The van der Waals surface area contributed by atoms with Gasteiger partial charge in [-0.2, -0.15) is 5.26 Å². The Morgan fingerprint density at radius 1 is 1.13 bits per heavy atom. The van der Waals surface area contributed by atoms with E-state index in [1.165, 1.54) is 6.92 Å². The minimum absolute atomic E-state index is 0.0363. The van der Waals surface area contributed by atoms with Gasteiger partial charge in [-0.1, -0.05) is 40.0 Å². The van der Waals surface area contributed by atoms with Gasteiger partial charge >= 0.3 is 18.0 Å². The number of hydrogen-bond donors (Lipinski definition) is 4. The molecule has 1 aromatic rings. The first-order valence-corrected chi connectivity index (χ1v) is 21.2. The first kappa shape index (κ1) is 42.3. The third kappa shape index (κ3) is 11.7. The number of esters is 2. The van der Waals surface area contributed by atoms with Crippen molar-refractivity contribution in [1.82, 2.24) is 15.6 Å². The Bertz CT molecular complexity index is 1530. The zero-order valence-electron chi connectivity index (χ0n) is 32.1. The van der Waals surface area contributed by atoms with Gasteiger partial charge in [-0.25, -0.2) is 14.6 Å². The van der Waals surface area contributed by atoms with Crippen LogP contribution in [0.15, 0.2) is 17.1 Å². The number of hydrogen-bond acceptors (Lipinski definition) is 11. The third-order valence-electron chi connectivity index (χ3n) is 8.48. The van der Waals surface area contributed by atoms with Crippen molar-refractivity contribution in [3.63, 3.8) is 0 Å². The number of aliphatic imine (C=N–C) groups is 1. The van der Waals surface area contributed by atoms with E-state index in [1.807, 2.05) is 19.6 Å². The fraction of sp³-hybridized carbons (Fsp3) is 0.694. The Morgan fingerprint density at radius 2 is 1.79 bits per heavy atom. The predicted octanol–water partition coefficient (Wildman–Crippen LogP) is 5.21. The number of carbonyl (C=O) groups excluding carboxylic acids is 4. The number of carbonyl (C=O) groups is 4. The average Bonchev–Trinajstić information content (AvgIpc) is 3.61. The zero-order valence-corrected chi connectivity index (χ0v) is 33.1. The lowest BCUT2D eigenvalue weighted by Gasteiger charge is -2.34. The van der Waals surface area contributed by atoms with Crippen molar-refractivity contribution in [1.29, 1.82) is 10.7 Å². The quantitative estimate of drug-likeness (QED) is 0.0721. The summed E-state index contributed by atoms with van der Waals surface area (Å²) < 4.78 is 30.5. The highest BCUT2D eigenvalue weighted by Gasteiger charge is 2.61. The van der Waals surface area contributed by atoms with E-state index in [4.69, 9.17) is 28.8 Å². The van der Waals surface area contributed by atoms with Crippen LogP contribution in [-0.2, 0) is 43.4 Å². The smallest absolute Gasteiger partial charge is 0.408 e. The van der Waals surface area contributed by atoms with Gasteiger partial charge in [-0.15, -0.1) is 0 Å². The molecule has 1 unspecified atom stereocenters. The highest BCUT2D eigenvalue weighted by Crippen LogP contribution is 2.44. The van der Waals surface area contributed by atoms with Crippen molar-refractivity contribution in [3.05, 3.63) is 23.5 Å². The first-order valence-electron chi connectivity index (χ1n) is 17.7. The summed E-state index contributed by atoms with van der Waals surface area (Å²) in [6.45, 7) is 17.0. The lowest BCUT2D eigenvalue weighted by molar-refractivity contribution is -0.163. The second-order valence-electron chi connectivity index (χ2n) is 16.5. The molecular formula is C36H56N6O9Si. The second-order valence-corrected chi connectivity index (χ2v) is 20.9. The maximum absolute atomic E-state index is 13.7. The van der Waals surface area contributed by atoms with Crippen LogP contribution < -0.4 is 10.6 Å². The number of nitrogens with one attached hydrogen (secondary N) is 4. The van der Waals surface area contributed by atoms with E-state index in [-0.39, 0.29) is 29.6 Å². The van der Waals surface area contributed by atoms with E-state index < -0.39 is 79.8 Å². The molecule has 1 aliphatic heterocycles. The molecule has 3 rings (SSSR count). The number of nitrogens with zero attached hydrogens (tertiary/aromatic N) is 2. The molecule has 2 amide bonds. The SMILES string of the molecule is CC(=O)NC(=NC=N)c1ccc([C@]2(C#N)O[C@H](COC(=O)[C@@H](NC(=O)OC(C)(C)C)C(C)(C)C)[C@@H](OC(=O)CC3CCCCC3)C2O[Si](C)(C)C)[nH]1. The number of alkyl carbamates (subject to hydrolysis) is 1. The second kappa shape index (κ2) is 17.2. The lowest BCUT2D eigenvalue weighted by atomic mass is 9.87. The summed E-state index contributed by atoms with van der Waals surface area (Å²) in [5.41, 5.74) is -3.02. The fourth-order valence-electron chi connectivity index (χ4n) is 6.24. The van der Waals surface area contributed by atoms with Crippen molar-refractivity contribution < 1.29 is 42.6 Å². The topological polar surface area (TPSA) is 214 Å². The molecule has 4 N–H and O–H groups in total. The average molecular weight is 745 g/mol. The van der Waals surface area contributed by atoms with E-state index in [0.29, 0.717) is 0 Å². The van der Waals surface area contributed by atoms with Crippen molar-refractivity contribution in [2.45, 2.75) is 142 Å². The molecule has 0 spiro atoms. The number of H-pyrrole nitrogens is 1. The van der Waals surface area contributed by atoms with Crippen molar-refractivity contribution in [2.24, 2.45) is 16.3 Å². The molecule has 288 valence electrons. The molecule has 16 heteroatoms. The molecule has 0 bridgehead atoms. The molecule has 0 aromatic carbocycles. The molecular weight excluding hydrogens is 689 g/mol. The Kier molecular flexibility index (Phi) is 14.0. The number of amides is 2. The van der Waals surface area contributed by atoms with E-state index in [2.05, 4.69) is 26.7 Å². The number of rotatable bonds is 12. The predicted molar refractivity (Wildman–Crippen MR) is 195 cm³/mol. The summed E-state index contributed by atoms with van der Waals surface area (Å²) >= 11 is 0. The summed E-state index contributed by atoms with van der Waals surface area (Å²) in [5, 5.41) is 23.5. The molecule has 0 radical (unpaired) electrons.